The number of hydrogen-bond donors (Lipinski definition) is 0. The molecule has 0 radical (unpaired) electrons. The van der Waals surface area contributed by atoms with Crippen molar-refractivity contribution in [3.05, 3.63) is 0 Å². The van der Waals surface area contributed by atoms with Crippen molar-refractivity contribution in [1.82, 2.24) is 0 Å². The van der Waals surface area contributed by atoms with E-state index in [9.17, 15) is 9.59 Å². The predicted molar refractivity (Wildman–Crippen MR) is 55.5 cm³/mol. The van der Waals surface area contributed by atoms with Crippen molar-refractivity contribution in [3.63, 3.8) is 0 Å². The summed E-state index contributed by atoms with van der Waals surface area (Å²) in [6, 6.07) is 0. The third kappa shape index (κ3) is 3.81. The van der Waals surface area contributed by atoms with Gasteiger partial charge in [-0.25, -0.2) is 0 Å². The van der Waals surface area contributed by atoms with Crippen molar-refractivity contribution in [2.75, 3.05) is 0 Å². The largest absolute Gasteiger partial charge is 0.456 e. The molecule has 0 amide bonds. The van der Waals surface area contributed by atoms with Gasteiger partial charge in [0.15, 0.2) is 6.10 Å². The summed E-state index contributed by atoms with van der Waals surface area (Å²) >= 11 is 0. The van der Waals surface area contributed by atoms with Crippen LogP contribution in [-0.2, 0) is 23.8 Å². The number of ether oxygens (including phenoxy) is 3. The van der Waals surface area contributed by atoms with E-state index in [1.54, 1.807) is 0 Å². The van der Waals surface area contributed by atoms with Crippen LogP contribution >= 0.6 is 0 Å². The van der Waals surface area contributed by atoms with E-state index in [1.807, 2.05) is 6.92 Å². The van der Waals surface area contributed by atoms with Gasteiger partial charge in [0, 0.05) is 20.3 Å². The van der Waals surface area contributed by atoms with E-state index in [1.165, 1.54) is 13.8 Å². The normalized spacial score (nSPS) is 28.8. The van der Waals surface area contributed by atoms with E-state index in [0.717, 1.165) is 12.8 Å². The molecule has 5 nitrogen and oxygen atoms in total. The number of rotatable bonds is 4. The zero-order chi connectivity index (χ0) is 12.1. The fraction of sp³-hybridized carbons (Fsp3) is 0.818. The van der Waals surface area contributed by atoms with Gasteiger partial charge in [0.05, 0.1) is 6.10 Å². The van der Waals surface area contributed by atoms with Crippen LogP contribution in [0.5, 0.6) is 0 Å². The highest BCUT2D eigenvalue weighted by atomic mass is 16.7. The van der Waals surface area contributed by atoms with Crippen LogP contribution in [0.15, 0.2) is 0 Å². The van der Waals surface area contributed by atoms with Crippen LogP contribution in [0, 0.1) is 0 Å². The average Bonchev–Trinajstić information content (AvgIpc) is 2.46. The molecule has 92 valence electrons. The number of hydrogen-bond acceptors (Lipinski definition) is 5. The second-order valence-electron chi connectivity index (χ2n) is 3.91. The summed E-state index contributed by atoms with van der Waals surface area (Å²) in [7, 11) is 0. The monoisotopic (exact) mass is 230 g/mol. The van der Waals surface area contributed by atoms with E-state index in [0.29, 0.717) is 6.42 Å². The second-order valence-corrected chi connectivity index (χ2v) is 3.91. The topological polar surface area (TPSA) is 61.8 Å². The van der Waals surface area contributed by atoms with Gasteiger partial charge in [-0.2, -0.15) is 0 Å². The first kappa shape index (κ1) is 13.0. The molecule has 16 heavy (non-hydrogen) atoms. The van der Waals surface area contributed by atoms with Gasteiger partial charge in [0.2, 0.25) is 6.29 Å². The highest BCUT2D eigenvalue weighted by molar-refractivity contribution is 5.67. The van der Waals surface area contributed by atoms with Crippen molar-refractivity contribution in [1.29, 1.82) is 0 Å². The summed E-state index contributed by atoms with van der Waals surface area (Å²) in [6.07, 6.45) is 1.21. The molecule has 1 heterocycles. The Morgan fingerprint density at radius 2 is 1.88 bits per heavy atom. The molecular formula is C11H18O5. The van der Waals surface area contributed by atoms with E-state index in [-0.39, 0.29) is 12.1 Å². The molecule has 0 aromatic heterocycles. The molecule has 0 N–H and O–H groups in total. The number of carbonyl (C=O) groups is 2. The average molecular weight is 230 g/mol. The highest BCUT2D eigenvalue weighted by Crippen LogP contribution is 2.27. The molecule has 1 rings (SSSR count). The summed E-state index contributed by atoms with van der Waals surface area (Å²) in [5, 5.41) is 0. The minimum Gasteiger partial charge on any atom is -0.456 e. The van der Waals surface area contributed by atoms with Crippen molar-refractivity contribution < 1.29 is 23.8 Å². The zero-order valence-electron chi connectivity index (χ0n) is 9.89. The second kappa shape index (κ2) is 5.84. The molecule has 0 aromatic carbocycles. The predicted octanol–water partition coefficient (Wildman–Crippen LogP) is 1.40. The Bertz CT molecular complexity index is 239. The van der Waals surface area contributed by atoms with Gasteiger partial charge in [0.25, 0.3) is 0 Å². The Hall–Kier alpha value is -1.10. The van der Waals surface area contributed by atoms with Crippen LogP contribution in [0.2, 0.25) is 0 Å². The standard InChI is InChI=1S/C11H18O5/c1-4-5-9-6-10(14-7(2)12)11(16-9)15-8(3)13/h9-11H,4-6H2,1-3H3. The van der Waals surface area contributed by atoms with Crippen LogP contribution in [-0.4, -0.2) is 30.4 Å². The fourth-order valence-electron chi connectivity index (χ4n) is 1.80. The minimum atomic E-state index is -0.752. The van der Waals surface area contributed by atoms with Gasteiger partial charge in [-0.05, 0) is 6.42 Å². The highest BCUT2D eigenvalue weighted by Gasteiger charge is 2.39. The summed E-state index contributed by atoms with van der Waals surface area (Å²) in [6.45, 7) is 4.68. The Morgan fingerprint density at radius 3 is 2.38 bits per heavy atom. The third-order valence-electron chi connectivity index (χ3n) is 2.34. The van der Waals surface area contributed by atoms with Gasteiger partial charge >= 0.3 is 11.9 Å². The minimum absolute atomic E-state index is 0.00120. The Kier molecular flexibility index (Phi) is 4.73. The lowest BCUT2D eigenvalue weighted by atomic mass is 10.1. The van der Waals surface area contributed by atoms with Crippen LogP contribution in [0.4, 0.5) is 0 Å². The van der Waals surface area contributed by atoms with Gasteiger partial charge in [0.1, 0.15) is 0 Å². The van der Waals surface area contributed by atoms with Crippen molar-refractivity contribution in [3.8, 4) is 0 Å². The molecule has 0 aliphatic carbocycles. The maximum absolute atomic E-state index is 10.9. The lowest BCUT2D eigenvalue weighted by molar-refractivity contribution is -0.194. The van der Waals surface area contributed by atoms with E-state index in [2.05, 4.69) is 0 Å². The fourth-order valence-corrected chi connectivity index (χ4v) is 1.80. The molecule has 1 saturated heterocycles. The quantitative estimate of drug-likeness (QED) is 0.683. The summed E-state index contributed by atoms with van der Waals surface area (Å²) < 4.78 is 15.5. The Morgan fingerprint density at radius 1 is 1.25 bits per heavy atom. The van der Waals surface area contributed by atoms with Gasteiger partial charge in [-0.1, -0.05) is 13.3 Å². The number of esters is 2. The maximum atomic E-state index is 10.9. The maximum Gasteiger partial charge on any atom is 0.305 e. The van der Waals surface area contributed by atoms with Gasteiger partial charge < -0.3 is 14.2 Å². The molecule has 3 atom stereocenters. The molecule has 0 saturated carbocycles. The van der Waals surface area contributed by atoms with Crippen LogP contribution < -0.4 is 0 Å². The van der Waals surface area contributed by atoms with Crippen molar-refractivity contribution in [2.45, 2.75) is 58.5 Å². The SMILES string of the molecule is CCCC1CC(OC(C)=O)C(OC(C)=O)O1. The van der Waals surface area contributed by atoms with Crippen LogP contribution in [0.25, 0.3) is 0 Å². The first-order valence-electron chi connectivity index (χ1n) is 5.52. The molecular weight excluding hydrogens is 212 g/mol. The summed E-state index contributed by atoms with van der Waals surface area (Å²) in [5.41, 5.74) is 0. The van der Waals surface area contributed by atoms with Gasteiger partial charge in [-0.3, -0.25) is 9.59 Å². The summed E-state index contributed by atoms with van der Waals surface area (Å²) in [4.78, 5) is 21.7. The summed E-state index contributed by atoms with van der Waals surface area (Å²) in [5.74, 6) is -0.817. The lowest BCUT2D eigenvalue weighted by Crippen LogP contribution is -2.30. The molecule has 0 spiro atoms. The smallest absolute Gasteiger partial charge is 0.305 e. The van der Waals surface area contributed by atoms with Crippen LogP contribution in [0.1, 0.15) is 40.0 Å². The molecule has 0 aromatic rings. The van der Waals surface area contributed by atoms with E-state index < -0.39 is 18.4 Å². The first-order chi connectivity index (χ1) is 7.52. The zero-order valence-corrected chi connectivity index (χ0v) is 9.89. The van der Waals surface area contributed by atoms with Crippen molar-refractivity contribution in [2.24, 2.45) is 0 Å². The molecule has 1 aliphatic rings. The molecule has 0 bridgehead atoms. The Labute approximate surface area is 95.0 Å². The molecule has 3 unspecified atom stereocenters. The van der Waals surface area contributed by atoms with E-state index in [4.69, 9.17) is 14.2 Å². The lowest BCUT2D eigenvalue weighted by Gasteiger charge is -2.17. The van der Waals surface area contributed by atoms with Crippen LogP contribution in [0.3, 0.4) is 0 Å². The number of carbonyl (C=O) groups excluding carboxylic acids is 2. The van der Waals surface area contributed by atoms with Gasteiger partial charge in [-0.15, -0.1) is 0 Å². The molecule has 5 heteroatoms. The molecule has 1 fully saturated rings. The third-order valence-corrected chi connectivity index (χ3v) is 2.34. The molecule has 1 aliphatic heterocycles. The van der Waals surface area contributed by atoms with E-state index >= 15 is 0 Å². The Balaban J connectivity index is 2.55. The van der Waals surface area contributed by atoms with Crippen molar-refractivity contribution >= 4 is 11.9 Å². The first-order valence-corrected chi connectivity index (χ1v) is 5.52.